The largest absolute Gasteiger partial charge is 0.496 e. The number of esters is 1. The summed E-state index contributed by atoms with van der Waals surface area (Å²) in [7, 11) is 1.54. The molecule has 0 saturated carbocycles. The number of carbonyl (C=O) groups excluding carboxylic acids is 2. The maximum absolute atomic E-state index is 12.7. The molecular weight excluding hydrogens is 360 g/mol. The Labute approximate surface area is 163 Å². The van der Waals surface area contributed by atoms with Gasteiger partial charge in [-0.05, 0) is 25.1 Å². The molecule has 0 fully saturated rings. The Balaban J connectivity index is 1.72. The fourth-order valence-electron chi connectivity index (χ4n) is 2.99. The minimum Gasteiger partial charge on any atom is -0.496 e. The van der Waals surface area contributed by atoms with Crippen molar-refractivity contribution >= 4 is 12.0 Å². The number of carbonyl (C=O) groups is 2. The Hall–Kier alpha value is -3.48. The molecule has 2 N–H and O–H groups in total. The van der Waals surface area contributed by atoms with E-state index < -0.39 is 18.0 Å². The third-order valence-corrected chi connectivity index (χ3v) is 4.27. The SMILES string of the molecule is COc1ccccc1[C@@H]1NC(=O)NC(C)=C1C(=O)OCCOc1ccccc1. The number of hydrogen-bond donors (Lipinski definition) is 2. The highest BCUT2D eigenvalue weighted by Gasteiger charge is 2.33. The summed E-state index contributed by atoms with van der Waals surface area (Å²) < 4.78 is 16.3. The van der Waals surface area contributed by atoms with Crippen LogP contribution in [0.5, 0.6) is 11.5 Å². The van der Waals surface area contributed by atoms with Crippen molar-refractivity contribution in [3.8, 4) is 11.5 Å². The zero-order valence-corrected chi connectivity index (χ0v) is 15.7. The molecule has 1 aliphatic rings. The maximum Gasteiger partial charge on any atom is 0.338 e. The van der Waals surface area contributed by atoms with Crippen LogP contribution in [0.3, 0.4) is 0 Å². The Morgan fingerprint density at radius 1 is 1.04 bits per heavy atom. The van der Waals surface area contributed by atoms with Crippen LogP contribution in [-0.2, 0) is 9.53 Å². The first kappa shape index (κ1) is 19.3. The molecule has 7 nitrogen and oxygen atoms in total. The quantitative estimate of drug-likeness (QED) is 0.568. The van der Waals surface area contributed by atoms with E-state index in [2.05, 4.69) is 10.6 Å². The molecule has 1 heterocycles. The first-order chi connectivity index (χ1) is 13.6. The van der Waals surface area contributed by atoms with Crippen molar-refractivity contribution in [3.05, 3.63) is 71.4 Å². The standard InChI is InChI=1S/C21H22N2O5/c1-14-18(20(24)28-13-12-27-15-8-4-3-5-9-15)19(23-21(25)22-14)16-10-6-7-11-17(16)26-2/h3-11,19H,12-13H2,1-2H3,(H2,22,23,25)/t19-/m0/s1. The van der Waals surface area contributed by atoms with Gasteiger partial charge in [-0.15, -0.1) is 0 Å². The monoisotopic (exact) mass is 382 g/mol. The lowest BCUT2D eigenvalue weighted by atomic mass is 9.95. The van der Waals surface area contributed by atoms with Crippen LogP contribution in [0, 0.1) is 0 Å². The van der Waals surface area contributed by atoms with Crippen molar-refractivity contribution in [1.82, 2.24) is 10.6 Å². The molecule has 2 aromatic rings. The van der Waals surface area contributed by atoms with Crippen molar-refractivity contribution in [2.75, 3.05) is 20.3 Å². The number of amides is 2. The molecule has 0 aliphatic carbocycles. The zero-order valence-electron chi connectivity index (χ0n) is 15.7. The molecule has 0 saturated heterocycles. The predicted octanol–water partition coefficient (Wildman–Crippen LogP) is 2.95. The van der Waals surface area contributed by atoms with Gasteiger partial charge in [0.1, 0.15) is 24.7 Å². The molecule has 3 rings (SSSR count). The van der Waals surface area contributed by atoms with Gasteiger partial charge in [0.05, 0.1) is 18.7 Å². The highest BCUT2D eigenvalue weighted by atomic mass is 16.6. The molecule has 146 valence electrons. The maximum atomic E-state index is 12.7. The van der Waals surface area contributed by atoms with Crippen molar-refractivity contribution in [3.63, 3.8) is 0 Å². The summed E-state index contributed by atoms with van der Waals surface area (Å²) in [4.78, 5) is 24.7. The molecule has 0 unspecified atom stereocenters. The molecule has 2 aromatic carbocycles. The molecule has 0 bridgehead atoms. The van der Waals surface area contributed by atoms with Crippen LogP contribution < -0.4 is 20.1 Å². The molecule has 28 heavy (non-hydrogen) atoms. The second kappa shape index (κ2) is 8.94. The minimum atomic E-state index is -0.674. The van der Waals surface area contributed by atoms with Crippen LogP contribution >= 0.6 is 0 Å². The Bertz CT molecular complexity index is 879. The number of methoxy groups -OCH3 is 1. The van der Waals surface area contributed by atoms with Gasteiger partial charge in [0, 0.05) is 11.3 Å². The first-order valence-electron chi connectivity index (χ1n) is 8.86. The number of ether oxygens (including phenoxy) is 3. The highest BCUT2D eigenvalue weighted by molar-refractivity contribution is 5.95. The topological polar surface area (TPSA) is 85.9 Å². The van der Waals surface area contributed by atoms with Gasteiger partial charge in [-0.3, -0.25) is 0 Å². The van der Waals surface area contributed by atoms with Crippen molar-refractivity contribution in [2.24, 2.45) is 0 Å². The Morgan fingerprint density at radius 2 is 1.75 bits per heavy atom. The first-order valence-corrected chi connectivity index (χ1v) is 8.86. The Kier molecular flexibility index (Phi) is 6.16. The summed E-state index contributed by atoms with van der Waals surface area (Å²) in [6, 6.07) is 15.4. The smallest absolute Gasteiger partial charge is 0.338 e. The van der Waals surface area contributed by atoms with E-state index in [1.807, 2.05) is 42.5 Å². The summed E-state index contributed by atoms with van der Waals surface area (Å²) in [5, 5.41) is 5.39. The van der Waals surface area contributed by atoms with E-state index in [0.29, 0.717) is 28.3 Å². The van der Waals surface area contributed by atoms with Crippen molar-refractivity contribution in [1.29, 1.82) is 0 Å². The zero-order chi connectivity index (χ0) is 19.9. The second-order valence-corrected chi connectivity index (χ2v) is 6.11. The third-order valence-electron chi connectivity index (χ3n) is 4.27. The second-order valence-electron chi connectivity index (χ2n) is 6.11. The average Bonchev–Trinajstić information content (AvgIpc) is 2.71. The van der Waals surface area contributed by atoms with Gasteiger partial charge in [0.25, 0.3) is 0 Å². The lowest BCUT2D eigenvalue weighted by molar-refractivity contribution is -0.140. The molecule has 0 spiro atoms. The summed E-state index contributed by atoms with van der Waals surface area (Å²) >= 11 is 0. The number of nitrogens with one attached hydrogen (secondary N) is 2. The fraction of sp³-hybridized carbons (Fsp3) is 0.238. The van der Waals surface area contributed by atoms with Gasteiger partial charge in [0.2, 0.25) is 0 Å². The van der Waals surface area contributed by atoms with Crippen LogP contribution in [0.25, 0.3) is 0 Å². The highest BCUT2D eigenvalue weighted by Crippen LogP contribution is 2.33. The van der Waals surface area contributed by atoms with Gasteiger partial charge in [-0.1, -0.05) is 36.4 Å². The number of para-hydroxylation sites is 2. The lowest BCUT2D eigenvalue weighted by Gasteiger charge is -2.29. The fourth-order valence-corrected chi connectivity index (χ4v) is 2.99. The van der Waals surface area contributed by atoms with Crippen LogP contribution in [0.4, 0.5) is 4.79 Å². The van der Waals surface area contributed by atoms with Crippen LogP contribution in [-0.4, -0.2) is 32.3 Å². The van der Waals surface area contributed by atoms with Crippen LogP contribution in [0.15, 0.2) is 65.9 Å². The number of rotatable bonds is 7. The van der Waals surface area contributed by atoms with E-state index in [9.17, 15) is 9.59 Å². The van der Waals surface area contributed by atoms with E-state index in [1.54, 1.807) is 19.1 Å². The van der Waals surface area contributed by atoms with Crippen LogP contribution in [0.1, 0.15) is 18.5 Å². The number of urea groups is 1. The molecule has 7 heteroatoms. The number of benzene rings is 2. The van der Waals surface area contributed by atoms with Gasteiger partial charge in [-0.25, -0.2) is 9.59 Å². The third kappa shape index (κ3) is 4.43. The molecule has 1 aliphatic heterocycles. The number of hydrogen-bond acceptors (Lipinski definition) is 5. The summed E-state index contributed by atoms with van der Waals surface area (Å²) in [5.74, 6) is 0.741. The molecule has 2 amide bonds. The van der Waals surface area contributed by atoms with Gasteiger partial charge in [-0.2, -0.15) is 0 Å². The summed E-state index contributed by atoms with van der Waals surface area (Å²) in [5.41, 5.74) is 1.43. The van der Waals surface area contributed by atoms with E-state index in [4.69, 9.17) is 14.2 Å². The number of allylic oxidation sites excluding steroid dienone is 1. The predicted molar refractivity (Wildman–Crippen MR) is 103 cm³/mol. The Morgan fingerprint density at radius 3 is 2.50 bits per heavy atom. The minimum absolute atomic E-state index is 0.0805. The molecule has 0 aromatic heterocycles. The summed E-state index contributed by atoms with van der Waals surface area (Å²) in [6.07, 6.45) is 0. The van der Waals surface area contributed by atoms with E-state index in [0.717, 1.165) is 0 Å². The van der Waals surface area contributed by atoms with Crippen molar-refractivity contribution < 1.29 is 23.8 Å². The van der Waals surface area contributed by atoms with Gasteiger partial charge < -0.3 is 24.8 Å². The molecule has 1 atom stereocenters. The average molecular weight is 382 g/mol. The van der Waals surface area contributed by atoms with E-state index in [1.165, 1.54) is 7.11 Å². The molecule has 0 radical (unpaired) electrons. The van der Waals surface area contributed by atoms with E-state index >= 15 is 0 Å². The van der Waals surface area contributed by atoms with Gasteiger partial charge >= 0.3 is 12.0 Å². The van der Waals surface area contributed by atoms with Crippen LogP contribution in [0.2, 0.25) is 0 Å². The van der Waals surface area contributed by atoms with E-state index in [-0.39, 0.29) is 13.2 Å². The normalized spacial score (nSPS) is 16.1. The lowest BCUT2D eigenvalue weighted by Crippen LogP contribution is -2.45. The van der Waals surface area contributed by atoms with Gasteiger partial charge in [0.15, 0.2) is 0 Å². The molecular formula is C21H22N2O5. The summed E-state index contributed by atoms with van der Waals surface area (Å²) in [6.45, 7) is 1.97. The van der Waals surface area contributed by atoms with Crippen molar-refractivity contribution in [2.45, 2.75) is 13.0 Å².